The lowest BCUT2D eigenvalue weighted by molar-refractivity contribution is -0.00614. The van der Waals surface area contributed by atoms with Gasteiger partial charge in [-0.15, -0.1) is 0 Å². The van der Waals surface area contributed by atoms with Crippen molar-refractivity contribution in [1.82, 2.24) is 14.1 Å². The zero-order chi connectivity index (χ0) is 21.7. The number of phenolic OH excluding ortho intramolecular Hbond substituents is 1. The fourth-order valence-electron chi connectivity index (χ4n) is 6.30. The molecule has 0 saturated carbocycles. The molecule has 0 spiro atoms. The van der Waals surface area contributed by atoms with Crippen LogP contribution in [0.2, 0.25) is 0 Å². The van der Waals surface area contributed by atoms with E-state index in [1.54, 1.807) is 11.2 Å². The molecule has 2 heterocycles. The Morgan fingerprint density at radius 2 is 1.93 bits per heavy atom. The number of likely N-dealkylation sites (N-methyl/N-ethyl adjacent to an activating group) is 2. The van der Waals surface area contributed by atoms with E-state index in [0.29, 0.717) is 36.8 Å². The number of likely N-dealkylation sites (tertiary alicyclic amines) is 1. The Balaban J connectivity index is 1.52. The van der Waals surface area contributed by atoms with Crippen molar-refractivity contribution in [2.75, 3.05) is 46.0 Å². The summed E-state index contributed by atoms with van der Waals surface area (Å²) in [4.78, 5) is 5.05. The summed E-state index contributed by atoms with van der Waals surface area (Å²) >= 11 is 0. The van der Waals surface area contributed by atoms with Gasteiger partial charge in [-0.1, -0.05) is 13.0 Å². The predicted molar refractivity (Wildman–Crippen MR) is 120 cm³/mol. The molecule has 3 aliphatic rings. The molecule has 2 aliphatic heterocycles. The van der Waals surface area contributed by atoms with Crippen molar-refractivity contribution in [1.29, 1.82) is 0 Å². The standard InChI is InChI=1S/C23H37N3O3S/c1-5-30(28,29)26-11-8-17(9-12-26)16-25(4)22-21-14-18-6-7-19(27)15-20(18)23(22,2)10-13-24(21)3/h6-7,15,17,21-22,27H,5,8-14,16H2,1-4H3. The summed E-state index contributed by atoms with van der Waals surface area (Å²) in [6, 6.07) is 6.77. The summed E-state index contributed by atoms with van der Waals surface area (Å²) in [5.74, 6) is 1.08. The first-order valence-electron chi connectivity index (χ1n) is 11.4. The normalized spacial score (nSPS) is 31.1. The molecular formula is C23H37N3O3S. The van der Waals surface area contributed by atoms with E-state index in [0.717, 1.165) is 38.8 Å². The smallest absolute Gasteiger partial charge is 0.213 e. The van der Waals surface area contributed by atoms with Crippen molar-refractivity contribution in [3.63, 3.8) is 0 Å². The highest BCUT2D eigenvalue weighted by molar-refractivity contribution is 7.89. The van der Waals surface area contributed by atoms with E-state index in [1.807, 2.05) is 12.1 Å². The lowest BCUT2D eigenvalue weighted by Crippen LogP contribution is -2.66. The van der Waals surface area contributed by atoms with Crippen LogP contribution in [0.3, 0.4) is 0 Å². The number of piperidine rings is 2. The number of benzene rings is 1. The Kier molecular flexibility index (Phi) is 5.94. The van der Waals surface area contributed by atoms with Crippen LogP contribution in [0.15, 0.2) is 18.2 Å². The fraction of sp³-hybridized carbons (Fsp3) is 0.739. The number of sulfonamides is 1. The summed E-state index contributed by atoms with van der Waals surface area (Å²) in [5.41, 5.74) is 2.70. The van der Waals surface area contributed by atoms with Crippen LogP contribution in [-0.4, -0.2) is 85.7 Å². The molecule has 1 N–H and O–H groups in total. The topological polar surface area (TPSA) is 64.1 Å². The number of hydrogen-bond donors (Lipinski definition) is 1. The molecular weight excluding hydrogens is 398 g/mol. The van der Waals surface area contributed by atoms with E-state index in [2.05, 4.69) is 36.9 Å². The van der Waals surface area contributed by atoms with Gasteiger partial charge >= 0.3 is 0 Å². The summed E-state index contributed by atoms with van der Waals surface area (Å²) in [6.07, 6.45) is 3.97. The number of fused-ring (bicyclic) bond motifs is 4. The van der Waals surface area contributed by atoms with Gasteiger partial charge in [-0.25, -0.2) is 12.7 Å². The molecule has 2 saturated heterocycles. The van der Waals surface area contributed by atoms with Gasteiger partial charge in [-0.05, 0) is 82.4 Å². The van der Waals surface area contributed by atoms with Crippen LogP contribution in [0, 0.1) is 5.92 Å². The molecule has 0 amide bonds. The molecule has 168 valence electrons. The van der Waals surface area contributed by atoms with Gasteiger partial charge < -0.3 is 14.9 Å². The summed E-state index contributed by atoms with van der Waals surface area (Å²) in [5, 5.41) is 10.2. The average molecular weight is 436 g/mol. The van der Waals surface area contributed by atoms with Crippen molar-refractivity contribution >= 4 is 10.0 Å². The third kappa shape index (κ3) is 3.78. The highest BCUT2D eigenvalue weighted by Gasteiger charge is 2.51. The zero-order valence-corrected chi connectivity index (χ0v) is 19.7. The lowest BCUT2D eigenvalue weighted by atomic mass is 9.61. The molecule has 1 aromatic carbocycles. The van der Waals surface area contributed by atoms with E-state index >= 15 is 0 Å². The van der Waals surface area contributed by atoms with Crippen molar-refractivity contribution in [3.8, 4) is 5.75 Å². The molecule has 3 atom stereocenters. The number of nitrogens with zero attached hydrogens (tertiary/aromatic N) is 3. The van der Waals surface area contributed by atoms with Gasteiger partial charge in [-0.2, -0.15) is 0 Å². The van der Waals surface area contributed by atoms with Crippen LogP contribution in [0.4, 0.5) is 0 Å². The van der Waals surface area contributed by atoms with Crippen molar-refractivity contribution in [2.24, 2.45) is 5.92 Å². The van der Waals surface area contributed by atoms with E-state index in [9.17, 15) is 13.5 Å². The predicted octanol–water partition coefficient (Wildman–Crippen LogP) is 2.27. The summed E-state index contributed by atoms with van der Waals surface area (Å²) < 4.78 is 26.0. The molecule has 0 aromatic heterocycles. The van der Waals surface area contributed by atoms with Crippen molar-refractivity contribution in [2.45, 2.75) is 57.0 Å². The maximum Gasteiger partial charge on any atom is 0.213 e. The molecule has 6 nitrogen and oxygen atoms in total. The fourth-order valence-corrected chi connectivity index (χ4v) is 7.43. The molecule has 30 heavy (non-hydrogen) atoms. The third-order valence-electron chi connectivity index (χ3n) is 8.06. The Bertz CT molecular complexity index is 882. The van der Waals surface area contributed by atoms with E-state index < -0.39 is 10.0 Å². The summed E-state index contributed by atoms with van der Waals surface area (Å²) in [7, 11) is 1.42. The minimum atomic E-state index is -3.07. The molecule has 2 fully saturated rings. The number of rotatable bonds is 5. The molecule has 4 rings (SSSR count). The highest BCUT2D eigenvalue weighted by Crippen LogP contribution is 2.47. The third-order valence-corrected chi connectivity index (χ3v) is 9.94. The lowest BCUT2D eigenvalue weighted by Gasteiger charge is -2.58. The first kappa shape index (κ1) is 22.1. The van der Waals surface area contributed by atoms with Crippen LogP contribution >= 0.6 is 0 Å². The maximum atomic E-state index is 12.2. The minimum Gasteiger partial charge on any atom is -0.508 e. The Morgan fingerprint density at radius 1 is 1.23 bits per heavy atom. The molecule has 2 bridgehead atoms. The monoisotopic (exact) mass is 435 g/mol. The van der Waals surface area contributed by atoms with Crippen LogP contribution < -0.4 is 0 Å². The van der Waals surface area contributed by atoms with Crippen molar-refractivity contribution in [3.05, 3.63) is 29.3 Å². The van der Waals surface area contributed by atoms with Gasteiger partial charge in [0.2, 0.25) is 10.0 Å². The first-order valence-corrected chi connectivity index (χ1v) is 13.0. The van der Waals surface area contributed by atoms with Crippen molar-refractivity contribution < 1.29 is 13.5 Å². The number of phenols is 1. The van der Waals surface area contributed by atoms with Crippen LogP contribution in [0.5, 0.6) is 5.75 Å². The molecule has 7 heteroatoms. The quantitative estimate of drug-likeness (QED) is 0.769. The van der Waals surface area contributed by atoms with Gasteiger partial charge in [0.15, 0.2) is 0 Å². The van der Waals surface area contributed by atoms with E-state index in [-0.39, 0.29) is 11.2 Å². The largest absolute Gasteiger partial charge is 0.508 e. The van der Waals surface area contributed by atoms with Gasteiger partial charge in [-0.3, -0.25) is 0 Å². The Labute approximate surface area is 181 Å². The Morgan fingerprint density at radius 3 is 2.60 bits per heavy atom. The van der Waals surface area contributed by atoms with Gasteiger partial charge in [0.05, 0.1) is 5.75 Å². The minimum absolute atomic E-state index is 0.0184. The van der Waals surface area contributed by atoms with E-state index in [4.69, 9.17) is 0 Å². The maximum absolute atomic E-state index is 12.2. The Hall–Kier alpha value is -1.15. The summed E-state index contributed by atoms with van der Waals surface area (Å²) in [6.45, 7) is 7.48. The van der Waals surface area contributed by atoms with E-state index in [1.165, 1.54) is 11.1 Å². The van der Waals surface area contributed by atoms with Gasteiger partial charge in [0.1, 0.15) is 5.75 Å². The molecule has 1 aromatic rings. The second-order valence-electron chi connectivity index (χ2n) is 9.89. The molecule has 3 unspecified atom stereocenters. The average Bonchev–Trinajstić information content (AvgIpc) is 2.72. The van der Waals surface area contributed by atoms with Gasteiger partial charge in [0.25, 0.3) is 0 Å². The second kappa shape index (κ2) is 8.08. The molecule has 0 radical (unpaired) electrons. The number of aromatic hydroxyl groups is 1. The zero-order valence-electron chi connectivity index (χ0n) is 18.8. The highest BCUT2D eigenvalue weighted by atomic mass is 32.2. The van der Waals surface area contributed by atoms with Crippen LogP contribution in [0.25, 0.3) is 0 Å². The molecule has 1 aliphatic carbocycles. The second-order valence-corrected chi connectivity index (χ2v) is 12.1. The van der Waals surface area contributed by atoms with Crippen LogP contribution in [-0.2, 0) is 21.9 Å². The first-order chi connectivity index (χ1) is 14.2. The SMILES string of the molecule is CCS(=O)(=O)N1CCC(CN(C)C2C3Cc4ccc(O)cc4C2(C)CCN3C)CC1. The van der Waals surface area contributed by atoms with Gasteiger partial charge in [0, 0.05) is 37.1 Å². The number of hydrogen-bond acceptors (Lipinski definition) is 5. The van der Waals surface area contributed by atoms with Crippen LogP contribution in [0.1, 0.15) is 44.2 Å².